The van der Waals surface area contributed by atoms with Crippen molar-refractivity contribution in [2.75, 3.05) is 20.3 Å². The molecule has 0 aliphatic carbocycles. The highest BCUT2D eigenvalue weighted by Crippen LogP contribution is 2.32. The van der Waals surface area contributed by atoms with Crippen molar-refractivity contribution in [1.82, 2.24) is 0 Å². The lowest BCUT2D eigenvalue weighted by Crippen LogP contribution is -2.16. The van der Waals surface area contributed by atoms with Crippen LogP contribution < -0.4 is 9.47 Å². The van der Waals surface area contributed by atoms with Gasteiger partial charge in [-0.1, -0.05) is 0 Å². The maximum absolute atomic E-state index is 10.2. The first kappa shape index (κ1) is 11.6. The molecule has 1 aromatic carbocycles. The summed E-state index contributed by atoms with van der Waals surface area (Å²) in [4.78, 5) is 13.7. The minimum Gasteiger partial charge on any atom is -0.493 e. The van der Waals surface area contributed by atoms with Crippen LogP contribution in [0.4, 0.5) is 5.69 Å². The summed E-state index contributed by atoms with van der Waals surface area (Å²) in [6.45, 7) is 1.28. The van der Waals surface area contributed by atoms with Crippen LogP contribution in [0.25, 0.3) is 0 Å². The Hall–Kier alpha value is -1.84. The largest absolute Gasteiger partial charge is 0.493 e. The third-order valence-corrected chi connectivity index (χ3v) is 2.50. The van der Waals surface area contributed by atoms with E-state index >= 15 is 0 Å². The van der Waals surface area contributed by atoms with Gasteiger partial charge in [0.05, 0.1) is 26.0 Å². The third kappa shape index (κ3) is 2.84. The smallest absolute Gasteiger partial charge is 0.240 e. The molecule has 0 bridgehead atoms. The lowest BCUT2D eigenvalue weighted by Gasteiger charge is -2.14. The minimum atomic E-state index is 0.0272. The molecule has 1 aromatic rings. The summed E-state index contributed by atoms with van der Waals surface area (Å²) in [6.07, 6.45) is 2.37. The normalized spacial score (nSPS) is 18.5. The topological polar surface area (TPSA) is 57.1 Å². The molecule has 1 aliphatic heterocycles. The molecular formula is C12H13NO4. The Labute approximate surface area is 99.0 Å². The zero-order chi connectivity index (χ0) is 12.1. The van der Waals surface area contributed by atoms with Crippen LogP contribution in [0.1, 0.15) is 6.42 Å². The van der Waals surface area contributed by atoms with Crippen LogP contribution >= 0.6 is 0 Å². The zero-order valence-electron chi connectivity index (χ0n) is 9.51. The van der Waals surface area contributed by atoms with E-state index in [-0.39, 0.29) is 6.10 Å². The average Bonchev–Trinajstić information content (AvgIpc) is 2.83. The van der Waals surface area contributed by atoms with Gasteiger partial charge in [-0.25, -0.2) is 4.79 Å². The number of benzene rings is 1. The number of rotatable bonds is 4. The molecule has 0 amide bonds. The van der Waals surface area contributed by atoms with E-state index in [0.717, 1.165) is 6.42 Å². The number of isocyanates is 1. The van der Waals surface area contributed by atoms with Gasteiger partial charge in [-0.3, -0.25) is 0 Å². The van der Waals surface area contributed by atoms with Crippen LogP contribution in [0.3, 0.4) is 0 Å². The maximum atomic E-state index is 10.2. The molecule has 0 aromatic heterocycles. The molecule has 1 aliphatic rings. The van der Waals surface area contributed by atoms with Gasteiger partial charge < -0.3 is 14.2 Å². The van der Waals surface area contributed by atoms with Gasteiger partial charge in [0.2, 0.25) is 6.08 Å². The number of aliphatic imine (C=N–C) groups is 1. The second kappa shape index (κ2) is 5.48. The molecule has 0 spiro atoms. The van der Waals surface area contributed by atoms with E-state index in [4.69, 9.17) is 14.2 Å². The highest BCUT2D eigenvalue weighted by molar-refractivity contribution is 5.56. The van der Waals surface area contributed by atoms with Gasteiger partial charge in [-0.15, -0.1) is 0 Å². The van der Waals surface area contributed by atoms with E-state index in [0.29, 0.717) is 30.4 Å². The van der Waals surface area contributed by atoms with Crippen molar-refractivity contribution in [2.24, 2.45) is 4.99 Å². The van der Waals surface area contributed by atoms with Crippen LogP contribution in [-0.2, 0) is 9.53 Å². The van der Waals surface area contributed by atoms with Gasteiger partial charge in [0.25, 0.3) is 0 Å². The number of carbonyl (C=O) groups excluding carboxylic acids is 1. The Bertz CT molecular complexity index is 434. The standard InChI is InChI=1S/C12H13NO4/c1-15-11-3-2-9(13-8-14)6-12(11)17-10-4-5-16-7-10/h2-3,6,10H,4-5,7H2,1H3. The predicted molar refractivity (Wildman–Crippen MR) is 60.6 cm³/mol. The van der Waals surface area contributed by atoms with Gasteiger partial charge in [0.1, 0.15) is 6.10 Å². The maximum Gasteiger partial charge on any atom is 0.240 e. The first-order valence-corrected chi connectivity index (χ1v) is 5.34. The summed E-state index contributed by atoms with van der Waals surface area (Å²) >= 11 is 0. The molecule has 90 valence electrons. The summed E-state index contributed by atoms with van der Waals surface area (Å²) in [5.74, 6) is 1.18. The first-order chi connectivity index (χ1) is 8.33. The Kier molecular flexibility index (Phi) is 3.75. The molecule has 1 saturated heterocycles. The van der Waals surface area contributed by atoms with E-state index in [1.54, 1.807) is 25.3 Å². The zero-order valence-corrected chi connectivity index (χ0v) is 9.51. The average molecular weight is 235 g/mol. The summed E-state index contributed by atoms with van der Waals surface area (Å²) < 4.78 is 16.2. The summed E-state index contributed by atoms with van der Waals surface area (Å²) in [7, 11) is 1.57. The molecule has 1 heterocycles. The molecule has 0 N–H and O–H groups in total. The summed E-state index contributed by atoms with van der Waals surface area (Å²) in [5, 5.41) is 0. The Morgan fingerprint density at radius 3 is 3.00 bits per heavy atom. The Balaban J connectivity index is 2.21. The van der Waals surface area contributed by atoms with Gasteiger partial charge in [0.15, 0.2) is 11.5 Å². The molecule has 1 atom stereocenters. The van der Waals surface area contributed by atoms with Crippen LogP contribution in [-0.4, -0.2) is 32.5 Å². The van der Waals surface area contributed by atoms with Crippen molar-refractivity contribution >= 4 is 11.8 Å². The third-order valence-electron chi connectivity index (χ3n) is 2.50. The van der Waals surface area contributed by atoms with Crippen molar-refractivity contribution in [3.8, 4) is 11.5 Å². The number of ether oxygens (including phenoxy) is 3. The fourth-order valence-electron chi connectivity index (χ4n) is 1.67. The molecule has 5 heteroatoms. The van der Waals surface area contributed by atoms with Crippen LogP contribution in [0, 0.1) is 0 Å². The molecule has 1 fully saturated rings. The van der Waals surface area contributed by atoms with Gasteiger partial charge in [-0.05, 0) is 12.1 Å². The van der Waals surface area contributed by atoms with Crippen LogP contribution in [0.5, 0.6) is 11.5 Å². The van der Waals surface area contributed by atoms with E-state index in [1.165, 1.54) is 6.08 Å². The molecular weight excluding hydrogens is 222 g/mol. The van der Waals surface area contributed by atoms with Gasteiger partial charge >= 0.3 is 0 Å². The number of hydrogen-bond donors (Lipinski definition) is 0. The molecule has 0 saturated carbocycles. The van der Waals surface area contributed by atoms with Crippen molar-refractivity contribution in [3.05, 3.63) is 18.2 Å². The van der Waals surface area contributed by atoms with Crippen LogP contribution in [0.2, 0.25) is 0 Å². The monoisotopic (exact) mass is 235 g/mol. The number of nitrogens with zero attached hydrogens (tertiary/aromatic N) is 1. The van der Waals surface area contributed by atoms with Crippen molar-refractivity contribution in [2.45, 2.75) is 12.5 Å². The van der Waals surface area contributed by atoms with E-state index in [1.807, 2.05) is 0 Å². The van der Waals surface area contributed by atoms with Crippen molar-refractivity contribution in [1.29, 1.82) is 0 Å². The van der Waals surface area contributed by atoms with Gasteiger partial charge in [0, 0.05) is 12.5 Å². The Morgan fingerprint density at radius 1 is 1.47 bits per heavy atom. The molecule has 5 nitrogen and oxygen atoms in total. The van der Waals surface area contributed by atoms with Crippen molar-refractivity contribution < 1.29 is 19.0 Å². The fourth-order valence-corrected chi connectivity index (χ4v) is 1.67. The highest BCUT2D eigenvalue weighted by atomic mass is 16.6. The molecule has 2 rings (SSSR count). The van der Waals surface area contributed by atoms with Crippen LogP contribution in [0.15, 0.2) is 23.2 Å². The number of hydrogen-bond acceptors (Lipinski definition) is 5. The fraction of sp³-hybridized carbons (Fsp3) is 0.417. The van der Waals surface area contributed by atoms with E-state index < -0.39 is 0 Å². The van der Waals surface area contributed by atoms with Crippen molar-refractivity contribution in [3.63, 3.8) is 0 Å². The quantitative estimate of drug-likeness (QED) is 0.590. The Morgan fingerprint density at radius 2 is 2.35 bits per heavy atom. The summed E-state index contributed by atoms with van der Waals surface area (Å²) in [5.41, 5.74) is 0.495. The predicted octanol–water partition coefficient (Wildman–Crippen LogP) is 1.83. The SMILES string of the molecule is COc1ccc(N=C=O)cc1OC1CCOC1. The highest BCUT2D eigenvalue weighted by Gasteiger charge is 2.19. The number of methoxy groups -OCH3 is 1. The minimum absolute atomic E-state index is 0.0272. The second-order valence-electron chi connectivity index (χ2n) is 3.64. The first-order valence-electron chi connectivity index (χ1n) is 5.34. The molecule has 17 heavy (non-hydrogen) atoms. The van der Waals surface area contributed by atoms with Gasteiger partial charge in [-0.2, -0.15) is 4.99 Å². The van der Waals surface area contributed by atoms with E-state index in [9.17, 15) is 4.79 Å². The molecule has 0 radical (unpaired) electrons. The molecule has 1 unspecified atom stereocenters. The lowest BCUT2D eigenvalue weighted by atomic mass is 10.2. The second-order valence-corrected chi connectivity index (χ2v) is 3.64. The summed E-state index contributed by atoms with van der Waals surface area (Å²) in [6, 6.07) is 5.03. The lowest BCUT2D eigenvalue weighted by molar-refractivity contribution is 0.138. The van der Waals surface area contributed by atoms with E-state index in [2.05, 4.69) is 4.99 Å².